The molecule has 0 spiro atoms. The van der Waals surface area contributed by atoms with Gasteiger partial charge < -0.3 is 15.4 Å². The molecular formula is C11H14N4OS. The Morgan fingerprint density at radius 2 is 1.94 bits per heavy atom. The first kappa shape index (κ1) is 11.8. The van der Waals surface area contributed by atoms with Gasteiger partial charge in [-0.05, 0) is 12.1 Å². The lowest BCUT2D eigenvalue weighted by molar-refractivity contribution is 0.211. The molecule has 1 aromatic heterocycles. The topological polar surface area (TPSA) is 59.1 Å². The molecule has 0 bridgehead atoms. The van der Waals surface area contributed by atoms with E-state index in [1.54, 1.807) is 7.11 Å². The van der Waals surface area contributed by atoms with E-state index in [2.05, 4.69) is 20.8 Å². The van der Waals surface area contributed by atoms with Gasteiger partial charge in [-0.3, -0.25) is 0 Å². The molecule has 0 aliphatic heterocycles. The summed E-state index contributed by atoms with van der Waals surface area (Å²) in [5.41, 5.74) is 1.01. The van der Waals surface area contributed by atoms with Gasteiger partial charge >= 0.3 is 0 Å². The summed E-state index contributed by atoms with van der Waals surface area (Å²) in [6, 6.07) is 9.89. The average molecular weight is 250 g/mol. The summed E-state index contributed by atoms with van der Waals surface area (Å²) in [5, 5.41) is 16.0. The second-order valence-corrected chi connectivity index (χ2v) is 4.30. The van der Waals surface area contributed by atoms with Gasteiger partial charge in [0.1, 0.15) is 0 Å². The molecule has 0 saturated carbocycles. The Morgan fingerprint density at radius 1 is 1.18 bits per heavy atom. The Kier molecular flexibility index (Phi) is 4.29. The number of nitrogens with one attached hydrogen (secondary N) is 2. The van der Waals surface area contributed by atoms with Crippen molar-refractivity contribution in [3.63, 3.8) is 0 Å². The van der Waals surface area contributed by atoms with Crippen LogP contribution < -0.4 is 10.6 Å². The number of para-hydroxylation sites is 1. The van der Waals surface area contributed by atoms with Gasteiger partial charge in [0, 0.05) is 19.3 Å². The van der Waals surface area contributed by atoms with Gasteiger partial charge in [0.15, 0.2) is 0 Å². The lowest BCUT2D eigenvalue weighted by Gasteiger charge is -2.00. The number of ether oxygens (including phenoxy) is 1. The lowest BCUT2D eigenvalue weighted by Crippen LogP contribution is -2.06. The van der Waals surface area contributed by atoms with Gasteiger partial charge in [-0.1, -0.05) is 29.5 Å². The molecule has 5 nitrogen and oxygen atoms in total. The minimum atomic E-state index is 0.654. The molecule has 0 fully saturated rings. The predicted octanol–water partition coefficient (Wildman–Crippen LogP) is 2.34. The summed E-state index contributed by atoms with van der Waals surface area (Å²) in [4.78, 5) is 0. The molecule has 90 valence electrons. The zero-order valence-corrected chi connectivity index (χ0v) is 10.3. The Labute approximate surface area is 104 Å². The normalized spacial score (nSPS) is 10.2. The zero-order valence-electron chi connectivity index (χ0n) is 9.51. The van der Waals surface area contributed by atoms with Crippen molar-refractivity contribution < 1.29 is 4.74 Å². The maximum atomic E-state index is 4.94. The second-order valence-electron chi connectivity index (χ2n) is 3.32. The highest BCUT2D eigenvalue weighted by Crippen LogP contribution is 2.23. The van der Waals surface area contributed by atoms with Crippen LogP contribution in [-0.4, -0.2) is 30.5 Å². The van der Waals surface area contributed by atoms with E-state index in [4.69, 9.17) is 4.74 Å². The predicted molar refractivity (Wildman–Crippen MR) is 70.0 cm³/mol. The van der Waals surface area contributed by atoms with Crippen molar-refractivity contribution in [2.24, 2.45) is 0 Å². The summed E-state index contributed by atoms with van der Waals surface area (Å²) in [6.07, 6.45) is 0. The fourth-order valence-electron chi connectivity index (χ4n) is 1.25. The smallest absolute Gasteiger partial charge is 0.211 e. The van der Waals surface area contributed by atoms with Crippen molar-refractivity contribution in [3.8, 4) is 0 Å². The van der Waals surface area contributed by atoms with Crippen molar-refractivity contribution >= 4 is 27.3 Å². The number of nitrogens with zero attached hydrogens (tertiary/aromatic N) is 2. The van der Waals surface area contributed by atoms with Crippen LogP contribution in [0.15, 0.2) is 30.3 Å². The first-order valence-corrected chi connectivity index (χ1v) is 6.08. The molecule has 0 radical (unpaired) electrons. The molecule has 1 aromatic carbocycles. The third-order valence-corrected chi connectivity index (χ3v) is 2.83. The van der Waals surface area contributed by atoms with Crippen LogP contribution in [0.1, 0.15) is 0 Å². The Morgan fingerprint density at radius 3 is 2.71 bits per heavy atom. The van der Waals surface area contributed by atoms with Crippen molar-refractivity contribution in [3.05, 3.63) is 30.3 Å². The molecule has 2 N–H and O–H groups in total. The quantitative estimate of drug-likeness (QED) is 0.771. The molecular weight excluding hydrogens is 236 g/mol. The molecule has 17 heavy (non-hydrogen) atoms. The molecule has 0 aliphatic carbocycles. The molecule has 2 aromatic rings. The van der Waals surface area contributed by atoms with Crippen LogP contribution in [0, 0.1) is 0 Å². The second kappa shape index (κ2) is 6.17. The van der Waals surface area contributed by atoms with E-state index in [0.717, 1.165) is 22.5 Å². The van der Waals surface area contributed by atoms with Crippen molar-refractivity contribution in [1.82, 2.24) is 10.2 Å². The third-order valence-electron chi connectivity index (χ3n) is 2.03. The number of hydrogen-bond acceptors (Lipinski definition) is 6. The number of aromatic nitrogens is 2. The van der Waals surface area contributed by atoms with E-state index in [1.807, 2.05) is 30.3 Å². The summed E-state index contributed by atoms with van der Waals surface area (Å²) in [5.74, 6) is 0. The summed E-state index contributed by atoms with van der Waals surface area (Å²) in [7, 11) is 1.67. The first-order valence-electron chi connectivity index (χ1n) is 5.27. The average Bonchev–Trinajstić information content (AvgIpc) is 2.79. The van der Waals surface area contributed by atoms with E-state index in [0.29, 0.717) is 6.61 Å². The van der Waals surface area contributed by atoms with E-state index in [9.17, 15) is 0 Å². The number of methoxy groups -OCH3 is 1. The number of anilines is 3. The molecule has 0 saturated heterocycles. The van der Waals surface area contributed by atoms with Crippen LogP contribution >= 0.6 is 11.3 Å². The van der Waals surface area contributed by atoms with Crippen molar-refractivity contribution in [2.45, 2.75) is 0 Å². The highest BCUT2D eigenvalue weighted by Gasteiger charge is 2.02. The zero-order chi connectivity index (χ0) is 11.9. The number of rotatable bonds is 6. The standard InChI is InChI=1S/C11H14N4OS/c1-16-8-7-12-10-14-15-11(17-10)13-9-5-3-2-4-6-9/h2-6H,7-8H2,1H3,(H,12,14)(H,13,15). The number of benzene rings is 1. The van der Waals surface area contributed by atoms with Crippen LogP contribution in [0.4, 0.5) is 16.0 Å². The maximum absolute atomic E-state index is 4.94. The Balaban J connectivity index is 1.90. The lowest BCUT2D eigenvalue weighted by atomic mass is 10.3. The van der Waals surface area contributed by atoms with Gasteiger partial charge in [-0.15, -0.1) is 10.2 Å². The Bertz CT molecular complexity index is 446. The van der Waals surface area contributed by atoms with Crippen LogP contribution in [0.2, 0.25) is 0 Å². The Hall–Kier alpha value is -1.66. The summed E-state index contributed by atoms with van der Waals surface area (Å²) in [6.45, 7) is 1.39. The molecule has 6 heteroatoms. The highest BCUT2D eigenvalue weighted by atomic mass is 32.1. The van der Waals surface area contributed by atoms with Crippen LogP contribution in [0.25, 0.3) is 0 Å². The summed E-state index contributed by atoms with van der Waals surface area (Å²) < 4.78 is 4.94. The van der Waals surface area contributed by atoms with Crippen LogP contribution in [0.5, 0.6) is 0 Å². The molecule has 0 aliphatic rings. The monoisotopic (exact) mass is 250 g/mol. The van der Waals surface area contributed by atoms with Crippen molar-refractivity contribution in [1.29, 1.82) is 0 Å². The van der Waals surface area contributed by atoms with E-state index in [-0.39, 0.29) is 0 Å². The van der Waals surface area contributed by atoms with Gasteiger partial charge in [0.2, 0.25) is 10.3 Å². The van der Waals surface area contributed by atoms with E-state index >= 15 is 0 Å². The maximum Gasteiger partial charge on any atom is 0.211 e. The minimum absolute atomic E-state index is 0.654. The SMILES string of the molecule is COCCNc1nnc(Nc2ccccc2)s1. The fraction of sp³-hybridized carbons (Fsp3) is 0.273. The van der Waals surface area contributed by atoms with Gasteiger partial charge in [-0.2, -0.15) is 0 Å². The van der Waals surface area contributed by atoms with Crippen LogP contribution in [-0.2, 0) is 4.74 Å². The molecule has 0 amide bonds. The van der Waals surface area contributed by atoms with E-state index < -0.39 is 0 Å². The molecule has 0 unspecified atom stereocenters. The highest BCUT2D eigenvalue weighted by molar-refractivity contribution is 7.19. The van der Waals surface area contributed by atoms with Gasteiger partial charge in [-0.25, -0.2) is 0 Å². The molecule has 2 rings (SSSR count). The molecule has 1 heterocycles. The van der Waals surface area contributed by atoms with Crippen molar-refractivity contribution in [2.75, 3.05) is 30.9 Å². The largest absolute Gasteiger partial charge is 0.383 e. The first-order chi connectivity index (χ1) is 8.38. The van der Waals surface area contributed by atoms with Gasteiger partial charge in [0.25, 0.3) is 0 Å². The van der Waals surface area contributed by atoms with E-state index in [1.165, 1.54) is 11.3 Å². The number of hydrogen-bond donors (Lipinski definition) is 2. The van der Waals surface area contributed by atoms with Crippen LogP contribution in [0.3, 0.4) is 0 Å². The molecule has 0 atom stereocenters. The van der Waals surface area contributed by atoms with Gasteiger partial charge in [0.05, 0.1) is 6.61 Å². The fourth-order valence-corrected chi connectivity index (χ4v) is 1.94. The summed E-state index contributed by atoms with van der Waals surface area (Å²) >= 11 is 1.48. The third kappa shape index (κ3) is 3.69. The minimum Gasteiger partial charge on any atom is -0.383 e.